The second-order valence-corrected chi connectivity index (χ2v) is 3.38. The lowest BCUT2D eigenvalue weighted by atomic mass is 10.0. The highest BCUT2D eigenvalue weighted by Crippen LogP contribution is 2.35. The summed E-state index contributed by atoms with van der Waals surface area (Å²) in [4.78, 5) is 0. The zero-order valence-electron chi connectivity index (χ0n) is 8.81. The van der Waals surface area contributed by atoms with E-state index >= 15 is 0 Å². The average molecular weight is 215 g/mol. The number of rotatable bonds is 2. The zero-order chi connectivity index (χ0) is 11.5. The number of benzene rings is 2. The van der Waals surface area contributed by atoms with Crippen LogP contribution in [-0.2, 0) is 5.11 Å². The number of aromatic hydroxyl groups is 1. The fourth-order valence-electron chi connectivity index (χ4n) is 1.55. The van der Waals surface area contributed by atoms with Crippen LogP contribution in [0.1, 0.15) is 0 Å². The van der Waals surface area contributed by atoms with Crippen LogP contribution in [0.2, 0.25) is 0 Å². The van der Waals surface area contributed by atoms with Gasteiger partial charge in [-0.25, -0.2) is 0 Å². The molecule has 1 N–H and O–H groups in total. The molecule has 2 aromatic carbocycles. The lowest BCUT2D eigenvalue weighted by molar-refractivity contribution is 0.356. The van der Waals surface area contributed by atoms with Crippen molar-refractivity contribution in [3.05, 3.63) is 42.5 Å². The Morgan fingerprint density at radius 2 is 1.88 bits per heavy atom. The van der Waals surface area contributed by atoms with Crippen molar-refractivity contribution < 1.29 is 14.9 Å². The molecule has 0 fully saturated rings. The topological polar surface area (TPSA) is 49.4 Å². The van der Waals surface area contributed by atoms with Gasteiger partial charge in [0.2, 0.25) is 0 Å². The van der Waals surface area contributed by atoms with Gasteiger partial charge in [0.1, 0.15) is 0 Å². The van der Waals surface area contributed by atoms with Crippen LogP contribution in [0.3, 0.4) is 0 Å². The second kappa shape index (κ2) is 4.14. The molecular formula is C13H11O3. The summed E-state index contributed by atoms with van der Waals surface area (Å²) in [7, 11) is 1.47. The maximum atomic E-state index is 11.6. The van der Waals surface area contributed by atoms with E-state index < -0.39 is 0 Å². The Morgan fingerprint density at radius 1 is 1.12 bits per heavy atom. The Bertz CT molecular complexity index is 506. The van der Waals surface area contributed by atoms with E-state index in [4.69, 9.17) is 4.74 Å². The molecule has 3 heteroatoms. The van der Waals surface area contributed by atoms with E-state index in [0.717, 1.165) is 5.56 Å². The third-order valence-corrected chi connectivity index (χ3v) is 2.38. The summed E-state index contributed by atoms with van der Waals surface area (Å²) in [5, 5.41) is 21.0. The monoisotopic (exact) mass is 215 g/mol. The molecule has 3 nitrogen and oxygen atoms in total. The molecule has 2 aromatic rings. The minimum atomic E-state index is -0.0461. The van der Waals surface area contributed by atoms with E-state index in [1.54, 1.807) is 30.3 Å². The Hall–Kier alpha value is -2.16. The lowest BCUT2D eigenvalue weighted by Gasteiger charge is -2.07. The number of hydrogen-bond acceptors (Lipinski definition) is 2. The zero-order valence-corrected chi connectivity index (χ0v) is 8.81. The van der Waals surface area contributed by atoms with Crippen molar-refractivity contribution in [2.45, 2.75) is 0 Å². The third-order valence-electron chi connectivity index (χ3n) is 2.38. The van der Waals surface area contributed by atoms with Crippen LogP contribution in [0.15, 0.2) is 42.5 Å². The first-order valence-corrected chi connectivity index (χ1v) is 4.86. The van der Waals surface area contributed by atoms with Crippen LogP contribution in [0.4, 0.5) is 0 Å². The third kappa shape index (κ3) is 1.80. The smallest absolute Gasteiger partial charge is 0.186 e. The van der Waals surface area contributed by atoms with Crippen LogP contribution in [-0.4, -0.2) is 12.2 Å². The molecule has 0 unspecified atom stereocenters. The number of methoxy groups -OCH3 is 1. The predicted molar refractivity (Wildman–Crippen MR) is 60.2 cm³/mol. The molecule has 0 spiro atoms. The van der Waals surface area contributed by atoms with E-state index in [9.17, 15) is 10.2 Å². The second-order valence-electron chi connectivity index (χ2n) is 3.38. The van der Waals surface area contributed by atoms with Gasteiger partial charge >= 0.3 is 0 Å². The van der Waals surface area contributed by atoms with Crippen LogP contribution in [0.25, 0.3) is 11.1 Å². The normalized spacial score (nSPS) is 10.1. The molecule has 2 rings (SSSR count). The summed E-state index contributed by atoms with van der Waals surface area (Å²) in [5.74, 6) is 0.380. The molecular weight excluding hydrogens is 204 g/mol. The molecule has 16 heavy (non-hydrogen) atoms. The number of para-hydroxylation sites is 1. The quantitative estimate of drug-likeness (QED) is 0.836. The van der Waals surface area contributed by atoms with Gasteiger partial charge in [-0.2, -0.15) is 0 Å². The number of hydrogen-bond donors (Lipinski definition) is 1. The van der Waals surface area contributed by atoms with Crippen molar-refractivity contribution >= 4 is 0 Å². The number of phenols is 1. The van der Waals surface area contributed by atoms with E-state index in [1.165, 1.54) is 19.2 Å². The van der Waals surface area contributed by atoms with Crippen molar-refractivity contribution in [3.63, 3.8) is 0 Å². The van der Waals surface area contributed by atoms with E-state index in [0.29, 0.717) is 11.3 Å². The minimum absolute atomic E-state index is 0.0461. The molecule has 0 aliphatic rings. The summed E-state index contributed by atoms with van der Waals surface area (Å²) in [6.07, 6.45) is 0. The van der Waals surface area contributed by atoms with Gasteiger partial charge in [0, 0.05) is 5.56 Å². The summed E-state index contributed by atoms with van der Waals surface area (Å²) < 4.78 is 4.99. The largest absolute Gasteiger partial charge is 0.504 e. The van der Waals surface area contributed by atoms with Crippen molar-refractivity contribution in [1.82, 2.24) is 0 Å². The van der Waals surface area contributed by atoms with Gasteiger partial charge in [-0.1, -0.05) is 24.3 Å². The molecule has 0 bridgehead atoms. The SMILES string of the molecule is COc1cc(-c2ccccc2[O])ccc1O. The highest BCUT2D eigenvalue weighted by molar-refractivity contribution is 5.72. The molecule has 0 saturated carbocycles. The van der Waals surface area contributed by atoms with E-state index in [-0.39, 0.29) is 11.5 Å². The molecule has 0 aliphatic heterocycles. The standard InChI is InChI=1S/C13H11O3/c1-16-13-8-9(6-7-12(13)15)10-4-2-3-5-11(10)14/h2-8,15H,1H3. The Morgan fingerprint density at radius 3 is 2.56 bits per heavy atom. The maximum absolute atomic E-state index is 11.6. The highest BCUT2D eigenvalue weighted by atomic mass is 16.5. The van der Waals surface area contributed by atoms with Crippen molar-refractivity contribution in [2.75, 3.05) is 7.11 Å². The Kier molecular flexibility index (Phi) is 2.68. The molecule has 0 aromatic heterocycles. The molecule has 81 valence electrons. The van der Waals surface area contributed by atoms with E-state index in [2.05, 4.69) is 0 Å². The van der Waals surface area contributed by atoms with Gasteiger partial charge < -0.3 is 9.84 Å². The van der Waals surface area contributed by atoms with Crippen molar-refractivity contribution in [3.8, 4) is 28.4 Å². The Balaban J connectivity index is 2.53. The predicted octanol–water partition coefficient (Wildman–Crippen LogP) is 3.21. The first-order valence-electron chi connectivity index (χ1n) is 4.86. The molecule has 1 radical (unpaired) electrons. The van der Waals surface area contributed by atoms with Crippen LogP contribution >= 0.6 is 0 Å². The fourth-order valence-corrected chi connectivity index (χ4v) is 1.55. The molecule has 0 saturated heterocycles. The summed E-state index contributed by atoms with van der Waals surface area (Å²) >= 11 is 0. The minimum Gasteiger partial charge on any atom is -0.504 e. The highest BCUT2D eigenvalue weighted by Gasteiger charge is 2.08. The first-order chi connectivity index (χ1) is 7.72. The van der Waals surface area contributed by atoms with Crippen LogP contribution < -0.4 is 4.74 Å². The fraction of sp³-hybridized carbons (Fsp3) is 0.0769. The van der Waals surface area contributed by atoms with Gasteiger partial charge in [-0.15, -0.1) is 0 Å². The van der Waals surface area contributed by atoms with E-state index in [1.807, 2.05) is 0 Å². The number of ether oxygens (including phenoxy) is 1. The van der Waals surface area contributed by atoms with Gasteiger partial charge in [0.05, 0.1) is 7.11 Å². The van der Waals surface area contributed by atoms with Crippen LogP contribution in [0, 0.1) is 0 Å². The lowest BCUT2D eigenvalue weighted by Crippen LogP contribution is -1.85. The van der Waals surface area contributed by atoms with Crippen LogP contribution in [0.5, 0.6) is 17.2 Å². The summed E-state index contributed by atoms with van der Waals surface area (Å²) in [6, 6.07) is 11.6. The molecule has 0 aliphatic carbocycles. The maximum Gasteiger partial charge on any atom is 0.186 e. The average Bonchev–Trinajstić information content (AvgIpc) is 2.31. The number of phenolic OH excluding ortho intramolecular Hbond substituents is 1. The molecule has 0 atom stereocenters. The van der Waals surface area contributed by atoms with Gasteiger partial charge in [-0.05, 0) is 23.8 Å². The first kappa shape index (κ1) is 10.4. The van der Waals surface area contributed by atoms with Crippen molar-refractivity contribution in [2.24, 2.45) is 0 Å². The summed E-state index contributed by atoms with van der Waals surface area (Å²) in [6.45, 7) is 0. The molecule has 0 heterocycles. The summed E-state index contributed by atoms with van der Waals surface area (Å²) in [5.41, 5.74) is 1.33. The Labute approximate surface area is 93.6 Å². The van der Waals surface area contributed by atoms with Crippen molar-refractivity contribution in [1.29, 1.82) is 0 Å². The van der Waals surface area contributed by atoms with Gasteiger partial charge in [0.25, 0.3) is 0 Å². The van der Waals surface area contributed by atoms with Gasteiger partial charge in [-0.3, -0.25) is 5.11 Å². The molecule has 0 amide bonds. The van der Waals surface area contributed by atoms with Gasteiger partial charge in [0.15, 0.2) is 17.2 Å².